The van der Waals surface area contributed by atoms with E-state index in [9.17, 15) is 0 Å². The molecule has 24 heavy (non-hydrogen) atoms. The van der Waals surface area contributed by atoms with E-state index in [1.165, 1.54) is 24.8 Å². The van der Waals surface area contributed by atoms with Gasteiger partial charge in [0.2, 0.25) is 0 Å². The summed E-state index contributed by atoms with van der Waals surface area (Å²) in [6.07, 6.45) is 7.05. The molecule has 1 aromatic carbocycles. The number of nitrogens with one attached hydrogen (secondary N) is 1. The highest BCUT2D eigenvalue weighted by Gasteiger charge is 2.34. The lowest BCUT2D eigenvalue weighted by atomic mass is 9.69. The smallest absolute Gasteiger partial charge is 0.188 e. The Morgan fingerprint density at radius 2 is 1.88 bits per heavy atom. The van der Waals surface area contributed by atoms with Gasteiger partial charge in [-0.3, -0.25) is 4.99 Å². The molecule has 0 spiro atoms. The first-order valence-electron chi connectivity index (χ1n) is 8.91. The number of hydrogen-bond acceptors (Lipinski definition) is 3. The quantitative estimate of drug-likeness (QED) is 0.594. The molecule has 1 saturated carbocycles. The predicted octanol–water partition coefficient (Wildman–Crippen LogP) is 3.22. The van der Waals surface area contributed by atoms with Crippen molar-refractivity contribution >= 4 is 5.96 Å². The summed E-state index contributed by atoms with van der Waals surface area (Å²) in [5.74, 6) is 2.09. The molecule has 134 valence electrons. The molecule has 3 N–H and O–H groups in total. The highest BCUT2D eigenvalue weighted by molar-refractivity contribution is 5.77. The zero-order chi connectivity index (χ0) is 17.4. The van der Waals surface area contributed by atoms with Crippen molar-refractivity contribution < 1.29 is 9.47 Å². The zero-order valence-electron chi connectivity index (χ0n) is 15.2. The number of nitrogens with zero attached hydrogens (tertiary/aromatic N) is 1. The molecule has 0 amide bonds. The van der Waals surface area contributed by atoms with Crippen molar-refractivity contribution in [2.24, 2.45) is 10.7 Å². The van der Waals surface area contributed by atoms with Crippen molar-refractivity contribution in [3.8, 4) is 11.5 Å². The first-order chi connectivity index (χ1) is 11.6. The Bertz CT molecular complexity index is 552. The van der Waals surface area contributed by atoms with E-state index in [1.807, 2.05) is 6.07 Å². The number of nitrogens with two attached hydrogens (primary N) is 1. The highest BCUT2D eigenvalue weighted by atomic mass is 16.5. The molecule has 2 rings (SSSR count). The SMILES string of the molecule is CCCNC(N)=NCC1(c2ccc(OC)c(OC)c2)CCCCC1. The Morgan fingerprint density at radius 1 is 1.17 bits per heavy atom. The van der Waals surface area contributed by atoms with Crippen LogP contribution < -0.4 is 20.5 Å². The normalized spacial score (nSPS) is 17.4. The van der Waals surface area contributed by atoms with Crippen LogP contribution >= 0.6 is 0 Å². The molecule has 0 heterocycles. The van der Waals surface area contributed by atoms with Gasteiger partial charge in [0.1, 0.15) is 0 Å². The molecule has 0 saturated heterocycles. The van der Waals surface area contributed by atoms with Gasteiger partial charge in [-0.05, 0) is 37.0 Å². The lowest BCUT2D eigenvalue weighted by Gasteiger charge is -2.37. The van der Waals surface area contributed by atoms with Crippen LogP contribution in [0.3, 0.4) is 0 Å². The van der Waals surface area contributed by atoms with Crippen molar-refractivity contribution in [2.75, 3.05) is 27.3 Å². The van der Waals surface area contributed by atoms with Crippen LogP contribution in [0, 0.1) is 0 Å². The van der Waals surface area contributed by atoms with Gasteiger partial charge in [-0.2, -0.15) is 0 Å². The summed E-state index contributed by atoms with van der Waals surface area (Å²) in [6.45, 7) is 3.69. The van der Waals surface area contributed by atoms with Gasteiger partial charge in [-0.15, -0.1) is 0 Å². The number of hydrogen-bond donors (Lipinski definition) is 2. The molecular weight excluding hydrogens is 302 g/mol. The molecule has 1 aromatic rings. The first kappa shape index (κ1) is 18.4. The standard InChI is InChI=1S/C19H31N3O2/c1-4-12-21-18(20)22-14-19(10-6-5-7-11-19)15-8-9-16(23-2)17(13-15)24-3/h8-9,13H,4-7,10-12,14H2,1-3H3,(H3,20,21,22). The average molecular weight is 333 g/mol. The van der Waals surface area contributed by atoms with Crippen LogP contribution in [-0.4, -0.2) is 33.3 Å². The molecule has 5 nitrogen and oxygen atoms in total. The topological polar surface area (TPSA) is 68.9 Å². The van der Waals surface area contributed by atoms with Crippen molar-refractivity contribution in [3.05, 3.63) is 23.8 Å². The summed E-state index contributed by atoms with van der Waals surface area (Å²) in [5, 5.41) is 3.16. The fourth-order valence-corrected chi connectivity index (χ4v) is 3.48. The minimum absolute atomic E-state index is 0.0380. The number of rotatable bonds is 7. The van der Waals surface area contributed by atoms with Crippen LogP contribution in [0.2, 0.25) is 0 Å². The Hall–Kier alpha value is -1.91. The van der Waals surface area contributed by atoms with Gasteiger partial charge in [0.15, 0.2) is 17.5 Å². The number of methoxy groups -OCH3 is 2. The van der Waals surface area contributed by atoms with E-state index in [2.05, 4.69) is 29.4 Å². The van der Waals surface area contributed by atoms with Gasteiger partial charge >= 0.3 is 0 Å². The zero-order valence-corrected chi connectivity index (χ0v) is 15.2. The average Bonchev–Trinajstić information content (AvgIpc) is 2.64. The van der Waals surface area contributed by atoms with Crippen molar-refractivity contribution in [1.82, 2.24) is 5.32 Å². The minimum Gasteiger partial charge on any atom is -0.493 e. The highest BCUT2D eigenvalue weighted by Crippen LogP contribution is 2.42. The molecular formula is C19H31N3O2. The largest absolute Gasteiger partial charge is 0.493 e. The van der Waals surface area contributed by atoms with Crippen LogP contribution in [0.4, 0.5) is 0 Å². The van der Waals surface area contributed by atoms with Crippen molar-refractivity contribution in [2.45, 2.75) is 50.9 Å². The summed E-state index contributed by atoms with van der Waals surface area (Å²) >= 11 is 0. The van der Waals surface area contributed by atoms with Gasteiger partial charge in [-0.25, -0.2) is 0 Å². The Morgan fingerprint density at radius 3 is 2.50 bits per heavy atom. The number of guanidine groups is 1. The molecule has 0 aromatic heterocycles. The molecule has 1 aliphatic carbocycles. The molecule has 0 atom stereocenters. The summed E-state index contributed by atoms with van der Waals surface area (Å²) in [6, 6.07) is 6.25. The van der Waals surface area contributed by atoms with Crippen LogP contribution in [0.5, 0.6) is 11.5 Å². The molecule has 1 aliphatic rings. The van der Waals surface area contributed by atoms with Crippen LogP contribution in [0.25, 0.3) is 0 Å². The molecule has 0 radical (unpaired) electrons. The second-order valence-corrected chi connectivity index (χ2v) is 6.54. The number of benzene rings is 1. The predicted molar refractivity (Wildman–Crippen MR) is 99.1 cm³/mol. The Labute approximate surface area is 145 Å². The maximum atomic E-state index is 6.01. The van der Waals surface area contributed by atoms with Crippen molar-refractivity contribution in [3.63, 3.8) is 0 Å². The van der Waals surface area contributed by atoms with E-state index in [1.54, 1.807) is 14.2 Å². The lowest BCUT2D eigenvalue weighted by molar-refractivity contribution is 0.298. The molecule has 0 aliphatic heterocycles. The Kier molecular flexibility index (Phi) is 6.76. The fraction of sp³-hybridized carbons (Fsp3) is 0.632. The number of aliphatic imine (C=N–C) groups is 1. The summed E-state index contributed by atoms with van der Waals surface area (Å²) in [7, 11) is 3.35. The van der Waals surface area contributed by atoms with E-state index < -0.39 is 0 Å². The first-order valence-corrected chi connectivity index (χ1v) is 8.91. The van der Waals surface area contributed by atoms with Crippen LogP contribution in [0.1, 0.15) is 51.0 Å². The fourth-order valence-electron chi connectivity index (χ4n) is 3.48. The summed E-state index contributed by atoms with van der Waals surface area (Å²) in [5.41, 5.74) is 7.32. The van der Waals surface area contributed by atoms with E-state index >= 15 is 0 Å². The number of ether oxygens (including phenoxy) is 2. The van der Waals surface area contributed by atoms with Crippen LogP contribution in [-0.2, 0) is 5.41 Å². The molecule has 0 unspecified atom stereocenters. The van der Waals surface area contributed by atoms with Gasteiger partial charge in [0.25, 0.3) is 0 Å². The van der Waals surface area contributed by atoms with Gasteiger partial charge < -0.3 is 20.5 Å². The Balaban J connectivity index is 2.27. The maximum absolute atomic E-state index is 6.01. The third kappa shape index (κ3) is 4.34. The molecule has 0 bridgehead atoms. The second-order valence-electron chi connectivity index (χ2n) is 6.54. The van der Waals surface area contributed by atoms with E-state index in [0.717, 1.165) is 37.3 Å². The monoisotopic (exact) mass is 333 g/mol. The van der Waals surface area contributed by atoms with E-state index in [-0.39, 0.29) is 5.41 Å². The summed E-state index contributed by atoms with van der Waals surface area (Å²) < 4.78 is 10.9. The second kappa shape index (κ2) is 8.81. The molecule has 5 heteroatoms. The van der Waals surface area contributed by atoms with E-state index in [0.29, 0.717) is 12.5 Å². The lowest BCUT2D eigenvalue weighted by Crippen LogP contribution is -2.37. The minimum atomic E-state index is 0.0380. The third-order valence-corrected chi connectivity index (χ3v) is 4.91. The van der Waals surface area contributed by atoms with E-state index in [4.69, 9.17) is 15.2 Å². The maximum Gasteiger partial charge on any atom is 0.188 e. The van der Waals surface area contributed by atoms with Crippen molar-refractivity contribution in [1.29, 1.82) is 0 Å². The van der Waals surface area contributed by atoms with Gasteiger partial charge in [-0.1, -0.05) is 32.3 Å². The van der Waals surface area contributed by atoms with Gasteiger partial charge in [0, 0.05) is 12.0 Å². The van der Waals surface area contributed by atoms with Crippen LogP contribution in [0.15, 0.2) is 23.2 Å². The van der Waals surface area contributed by atoms with Gasteiger partial charge in [0.05, 0.1) is 20.8 Å². The third-order valence-electron chi connectivity index (χ3n) is 4.91. The molecule has 1 fully saturated rings. The summed E-state index contributed by atoms with van der Waals surface area (Å²) in [4.78, 5) is 4.64.